The fraction of sp³-hybridized carbons (Fsp3) is 0.667. The van der Waals surface area contributed by atoms with Crippen LogP contribution in [-0.2, 0) is 21.8 Å². The van der Waals surface area contributed by atoms with E-state index >= 15 is 0 Å². The van der Waals surface area contributed by atoms with Crippen LogP contribution in [0.2, 0.25) is 0 Å². The van der Waals surface area contributed by atoms with Gasteiger partial charge in [0.05, 0.1) is 25.5 Å². The first kappa shape index (κ1) is 14.1. The molecule has 0 unspecified atom stereocenters. The lowest BCUT2D eigenvalue weighted by atomic mass is 10.5. The van der Waals surface area contributed by atoms with Gasteiger partial charge in [0.15, 0.2) is 0 Å². The quantitative estimate of drug-likeness (QED) is 0.616. The maximum Gasteiger partial charge on any atom is 0.244 e. The fourth-order valence-electron chi connectivity index (χ4n) is 1.33. The average Bonchev–Trinajstić information content (AvgIpc) is 2.58. The maximum atomic E-state index is 11.8. The zero-order chi connectivity index (χ0) is 12.9. The Morgan fingerprint density at radius 1 is 1.53 bits per heavy atom. The summed E-state index contributed by atoms with van der Waals surface area (Å²) in [6.07, 6.45) is 1.45. The van der Waals surface area contributed by atoms with Crippen LogP contribution in [0.25, 0.3) is 0 Å². The number of aryl methyl sites for hydroxylation is 2. The lowest BCUT2D eigenvalue weighted by Crippen LogP contribution is -2.28. The molecular formula is C9H17N3O4S. The van der Waals surface area contributed by atoms with E-state index in [9.17, 15) is 8.42 Å². The molecule has 17 heavy (non-hydrogen) atoms. The predicted molar refractivity (Wildman–Crippen MR) is 61.0 cm³/mol. The minimum absolute atomic E-state index is 0.0749. The number of ether oxygens (including phenoxy) is 1. The summed E-state index contributed by atoms with van der Waals surface area (Å²) in [6.45, 7) is 2.15. The van der Waals surface area contributed by atoms with Crippen LogP contribution in [0.1, 0.15) is 5.69 Å². The van der Waals surface area contributed by atoms with E-state index in [0.29, 0.717) is 5.69 Å². The summed E-state index contributed by atoms with van der Waals surface area (Å²) in [7, 11) is -1.87. The van der Waals surface area contributed by atoms with Crippen molar-refractivity contribution in [3.05, 3.63) is 11.9 Å². The lowest BCUT2D eigenvalue weighted by molar-refractivity contribution is 0.0961. The van der Waals surface area contributed by atoms with Crippen molar-refractivity contribution in [1.29, 1.82) is 0 Å². The smallest absolute Gasteiger partial charge is 0.244 e. The van der Waals surface area contributed by atoms with Crippen LogP contribution in [0.3, 0.4) is 0 Å². The molecule has 0 spiro atoms. The van der Waals surface area contributed by atoms with E-state index < -0.39 is 10.0 Å². The summed E-state index contributed by atoms with van der Waals surface area (Å²) in [6, 6.07) is 0. The predicted octanol–water partition coefficient (Wildman–Crippen LogP) is -0.984. The van der Waals surface area contributed by atoms with Crippen molar-refractivity contribution in [3.8, 4) is 0 Å². The van der Waals surface area contributed by atoms with Gasteiger partial charge < -0.3 is 9.84 Å². The minimum atomic E-state index is -3.53. The van der Waals surface area contributed by atoms with Gasteiger partial charge in [-0.2, -0.15) is 5.10 Å². The zero-order valence-electron chi connectivity index (χ0n) is 9.88. The molecule has 0 amide bonds. The van der Waals surface area contributed by atoms with Gasteiger partial charge >= 0.3 is 0 Å². The molecule has 0 atom stereocenters. The van der Waals surface area contributed by atoms with Gasteiger partial charge in [0.1, 0.15) is 4.90 Å². The molecule has 1 aromatic rings. The number of aliphatic hydroxyl groups is 1. The maximum absolute atomic E-state index is 11.8. The summed E-state index contributed by atoms with van der Waals surface area (Å²) in [4.78, 5) is 0.169. The second-order valence-corrected chi connectivity index (χ2v) is 5.22. The van der Waals surface area contributed by atoms with Crippen LogP contribution in [0.5, 0.6) is 0 Å². The molecule has 98 valence electrons. The molecule has 0 radical (unpaired) electrons. The van der Waals surface area contributed by atoms with Crippen molar-refractivity contribution in [2.45, 2.75) is 11.8 Å². The van der Waals surface area contributed by atoms with Crippen molar-refractivity contribution in [2.75, 3.05) is 26.4 Å². The normalized spacial score (nSPS) is 11.9. The van der Waals surface area contributed by atoms with E-state index in [0.717, 1.165) is 0 Å². The molecule has 8 heteroatoms. The summed E-state index contributed by atoms with van der Waals surface area (Å²) in [5.74, 6) is 0. The van der Waals surface area contributed by atoms with Gasteiger partial charge in [-0.3, -0.25) is 4.68 Å². The topological polar surface area (TPSA) is 93.5 Å². The van der Waals surface area contributed by atoms with E-state index in [1.54, 1.807) is 14.0 Å². The van der Waals surface area contributed by atoms with Crippen LogP contribution < -0.4 is 4.72 Å². The number of hydrogen-bond donors (Lipinski definition) is 2. The Morgan fingerprint density at radius 3 is 2.76 bits per heavy atom. The first-order valence-corrected chi connectivity index (χ1v) is 6.64. The Morgan fingerprint density at radius 2 is 2.24 bits per heavy atom. The third-order valence-corrected chi connectivity index (χ3v) is 3.60. The molecule has 0 bridgehead atoms. The molecule has 0 saturated carbocycles. The van der Waals surface area contributed by atoms with Gasteiger partial charge in [0, 0.05) is 19.8 Å². The van der Waals surface area contributed by atoms with Crippen molar-refractivity contribution in [1.82, 2.24) is 14.5 Å². The van der Waals surface area contributed by atoms with Crippen LogP contribution in [0.4, 0.5) is 0 Å². The van der Waals surface area contributed by atoms with E-state index in [1.807, 2.05) is 0 Å². The van der Waals surface area contributed by atoms with Gasteiger partial charge in [0.25, 0.3) is 0 Å². The van der Waals surface area contributed by atoms with E-state index in [4.69, 9.17) is 9.84 Å². The Kier molecular flexibility index (Phi) is 5.06. The molecule has 2 N–H and O–H groups in total. The third-order valence-electron chi connectivity index (χ3n) is 2.03. The van der Waals surface area contributed by atoms with Crippen LogP contribution in [0, 0.1) is 6.92 Å². The van der Waals surface area contributed by atoms with Crippen LogP contribution >= 0.6 is 0 Å². The van der Waals surface area contributed by atoms with E-state index in [2.05, 4.69) is 9.82 Å². The van der Waals surface area contributed by atoms with Gasteiger partial charge in [-0.25, -0.2) is 13.1 Å². The monoisotopic (exact) mass is 263 g/mol. The first-order chi connectivity index (χ1) is 7.97. The number of hydrogen-bond acceptors (Lipinski definition) is 5. The Labute approximate surface area is 100 Å². The van der Waals surface area contributed by atoms with Gasteiger partial charge in [-0.15, -0.1) is 0 Å². The molecular weight excluding hydrogens is 246 g/mol. The molecule has 0 aliphatic rings. The third kappa shape index (κ3) is 4.08. The molecule has 0 saturated heterocycles. The molecule has 0 fully saturated rings. The molecule has 1 aromatic heterocycles. The molecule has 1 rings (SSSR count). The van der Waals surface area contributed by atoms with Crippen LogP contribution in [-0.4, -0.2) is 49.7 Å². The number of rotatable bonds is 7. The first-order valence-electron chi connectivity index (χ1n) is 5.16. The highest BCUT2D eigenvalue weighted by atomic mass is 32.2. The van der Waals surface area contributed by atoms with Crippen molar-refractivity contribution in [3.63, 3.8) is 0 Å². The van der Waals surface area contributed by atoms with E-state index in [1.165, 1.54) is 10.9 Å². The Hall–Kier alpha value is -0.960. The molecule has 0 aliphatic carbocycles. The average molecular weight is 263 g/mol. The highest BCUT2D eigenvalue weighted by Crippen LogP contribution is 2.11. The Bertz CT molecular complexity index is 455. The number of aromatic nitrogens is 2. The zero-order valence-corrected chi connectivity index (χ0v) is 10.7. The molecule has 0 aliphatic heterocycles. The molecule has 1 heterocycles. The van der Waals surface area contributed by atoms with Gasteiger partial charge in [0.2, 0.25) is 10.0 Å². The van der Waals surface area contributed by atoms with Crippen molar-refractivity contribution in [2.24, 2.45) is 7.05 Å². The van der Waals surface area contributed by atoms with E-state index in [-0.39, 0.29) is 31.3 Å². The molecule has 0 aromatic carbocycles. The summed E-state index contributed by atoms with van der Waals surface area (Å²) < 4.78 is 32.5. The van der Waals surface area contributed by atoms with Gasteiger partial charge in [-0.1, -0.05) is 0 Å². The standard InChI is InChI=1S/C9H17N3O4S/c1-8-9(7-12(2)11-8)17(14,15)10-3-5-16-6-4-13/h7,10,13H,3-6H2,1-2H3. The summed E-state index contributed by atoms with van der Waals surface area (Å²) in [5, 5.41) is 12.4. The highest BCUT2D eigenvalue weighted by molar-refractivity contribution is 7.89. The Balaban J connectivity index is 2.54. The fourth-order valence-corrected chi connectivity index (χ4v) is 2.56. The second-order valence-electron chi connectivity index (χ2n) is 3.49. The number of nitrogens with zero attached hydrogens (tertiary/aromatic N) is 2. The number of aliphatic hydroxyl groups excluding tert-OH is 1. The second kappa shape index (κ2) is 6.10. The largest absolute Gasteiger partial charge is 0.394 e. The minimum Gasteiger partial charge on any atom is -0.394 e. The van der Waals surface area contributed by atoms with Crippen molar-refractivity contribution >= 4 is 10.0 Å². The van der Waals surface area contributed by atoms with Crippen molar-refractivity contribution < 1.29 is 18.3 Å². The summed E-state index contributed by atoms with van der Waals surface area (Å²) in [5.41, 5.74) is 0.455. The highest BCUT2D eigenvalue weighted by Gasteiger charge is 2.18. The lowest BCUT2D eigenvalue weighted by Gasteiger charge is -2.05. The summed E-state index contributed by atoms with van der Waals surface area (Å²) >= 11 is 0. The van der Waals surface area contributed by atoms with Crippen LogP contribution in [0.15, 0.2) is 11.1 Å². The molecule has 7 nitrogen and oxygen atoms in total. The number of sulfonamides is 1. The van der Waals surface area contributed by atoms with Gasteiger partial charge in [-0.05, 0) is 6.92 Å². The number of nitrogens with one attached hydrogen (secondary N) is 1. The SMILES string of the molecule is Cc1nn(C)cc1S(=O)(=O)NCCOCCO.